The number of carbonyl (C=O) groups is 1. The highest BCUT2D eigenvalue weighted by molar-refractivity contribution is 5.83. The van der Waals surface area contributed by atoms with E-state index in [-0.39, 0.29) is 17.4 Å². The van der Waals surface area contributed by atoms with Gasteiger partial charge in [-0.1, -0.05) is 12.1 Å². The van der Waals surface area contributed by atoms with Gasteiger partial charge in [-0.05, 0) is 88.7 Å². The van der Waals surface area contributed by atoms with Crippen LogP contribution in [0.1, 0.15) is 62.6 Å². The van der Waals surface area contributed by atoms with Gasteiger partial charge in [0.05, 0.1) is 22.7 Å². The SMILES string of the molecule is Cc1ccc2c(C)nc(N3CCC[C@H](C(=O)NC45C[C@H]6C[C@@H](CC(O)(C6)C4)C5)C3)nc2c1. The van der Waals surface area contributed by atoms with Crippen LogP contribution in [0.4, 0.5) is 5.95 Å². The van der Waals surface area contributed by atoms with Gasteiger partial charge in [-0.2, -0.15) is 0 Å². The quantitative estimate of drug-likeness (QED) is 0.771. The third kappa shape index (κ3) is 3.47. The van der Waals surface area contributed by atoms with E-state index in [0.717, 1.165) is 74.0 Å². The second kappa shape index (κ2) is 7.14. The van der Waals surface area contributed by atoms with E-state index < -0.39 is 5.60 Å². The molecule has 32 heavy (non-hydrogen) atoms. The minimum absolute atomic E-state index is 0.0523. The lowest BCUT2D eigenvalue weighted by Gasteiger charge is -2.60. The summed E-state index contributed by atoms with van der Waals surface area (Å²) in [6.45, 7) is 5.67. The lowest BCUT2D eigenvalue weighted by atomic mass is 9.51. The van der Waals surface area contributed by atoms with Crippen molar-refractivity contribution in [2.45, 2.75) is 76.4 Å². The zero-order valence-electron chi connectivity index (χ0n) is 19.2. The van der Waals surface area contributed by atoms with E-state index in [2.05, 4.69) is 35.3 Å². The van der Waals surface area contributed by atoms with Crippen molar-refractivity contribution in [3.63, 3.8) is 0 Å². The first-order valence-corrected chi connectivity index (χ1v) is 12.3. The first-order valence-electron chi connectivity index (χ1n) is 12.3. The van der Waals surface area contributed by atoms with Crippen molar-refractivity contribution in [1.82, 2.24) is 15.3 Å². The van der Waals surface area contributed by atoms with Gasteiger partial charge in [0.15, 0.2) is 0 Å². The molecular formula is C26H34N4O2. The topological polar surface area (TPSA) is 78.4 Å². The number of fused-ring (bicyclic) bond motifs is 1. The number of aryl methyl sites for hydroxylation is 2. The number of hydrogen-bond acceptors (Lipinski definition) is 5. The van der Waals surface area contributed by atoms with Gasteiger partial charge in [0.1, 0.15) is 0 Å². The molecule has 6 nitrogen and oxygen atoms in total. The van der Waals surface area contributed by atoms with Crippen LogP contribution in [0.3, 0.4) is 0 Å². The molecule has 4 aliphatic carbocycles. The standard InChI is InChI=1S/C26H34N4O2/c1-16-5-6-21-17(2)27-24(28-22(21)8-16)30-7-3-4-20(14-30)23(31)29-25-10-18-9-19(11-25)13-26(32,12-18)15-25/h5-6,8,18-20,32H,3-4,7,9-15H2,1-2H3,(H,29,31)/t18-,19-,20+,25?,26?/m1/s1. The fraction of sp³-hybridized carbons (Fsp3) is 0.654. The van der Waals surface area contributed by atoms with Gasteiger partial charge in [-0.25, -0.2) is 9.97 Å². The van der Waals surface area contributed by atoms with Crippen molar-refractivity contribution in [2.75, 3.05) is 18.0 Å². The van der Waals surface area contributed by atoms with Crippen LogP contribution in [0.5, 0.6) is 0 Å². The number of benzene rings is 1. The van der Waals surface area contributed by atoms with E-state index >= 15 is 0 Å². The number of nitrogens with zero attached hydrogens (tertiary/aromatic N) is 3. The number of rotatable bonds is 3. The van der Waals surface area contributed by atoms with E-state index in [9.17, 15) is 9.90 Å². The molecule has 2 heterocycles. The predicted molar refractivity (Wildman–Crippen MR) is 124 cm³/mol. The second-order valence-corrected chi connectivity index (χ2v) is 11.4. The molecule has 4 saturated carbocycles. The smallest absolute Gasteiger partial charge is 0.226 e. The monoisotopic (exact) mass is 434 g/mol. The van der Waals surface area contributed by atoms with Crippen LogP contribution < -0.4 is 10.2 Å². The molecule has 5 fully saturated rings. The molecule has 1 aromatic carbocycles. The van der Waals surface area contributed by atoms with Crippen molar-refractivity contribution in [3.05, 3.63) is 29.5 Å². The zero-order chi connectivity index (χ0) is 22.1. The number of anilines is 1. The van der Waals surface area contributed by atoms with Crippen LogP contribution >= 0.6 is 0 Å². The van der Waals surface area contributed by atoms with Gasteiger partial charge >= 0.3 is 0 Å². The molecule has 3 atom stereocenters. The highest BCUT2D eigenvalue weighted by atomic mass is 16.3. The largest absolute Gasteiger partial charge is 0.390 e. The summed E-state index contributed by atoms with van der Waals surface area (Å²) in [7, 11) is 0. The highest BCUT2D eigenvalue weighted by Gasteiger charge is 2.57. The Morgan fingerprint density at radius 3 is 2.69 bits per heavy atom. The number of carbonyl (C=O) groups excluding carboxylic acids is 1. The molecule has 1 amide bonds. The molecule has 0 unspecified atom stereocenters. The average Bonchev–Trinajstić information content (AvgIpc) is 2.71. The summed E-state index contributed by atoms with van der Waals surface area (Å²) in [6, 6.07) is 6.30. The van der Waals surface area contributed by atoms with E-state index in [4.69, 9.17) is 9.97 Å². The minimum Gasteiger partial charge on any atom is -0.390 e. The average molecular weight is 435 g/mol. The Bertz CT molecular complexity index is 1070. The van der Waals surface area contributed by atoms with E-state index in [0.29, 0.717) is 18.4 Å². The summed E-state index contributed by atoms with van der Waals surface area (Å²) in [6.07, 6.45) is 7.78. The van der Waals surface area contributed by atoms with Crippen LogP contribution in [0.2, 0.25) is 0 Å². The highest BCUT2D eigenvalue weighted by Crippen LogP contribution is 2.57. The van der Waals surface area contributed by atoms with Crippen LogP contribution in [0.15, 0.2) is 18.2 Å². The van der Waals surface area contributed by atoms with Crippen molar-refractivity contribution < 1.29 is 9.90 Å². The Kier molecular flexibility index (Phi) is 4.55. The number of piperidine rings is 1. The maximum atomic E-state index is 13.4. The Morgan fingerprint density at radius 2 is 1.94 bits per heavy atom. The van der Waals surface area contributed by atoms with Crippen LogP contribution in [0, 0.1) is 31.6 Å². The van der Waals surface area contributed by atoms with Crippen molar-refractivity contribution in [2.24, 2.45) is 17.8 Å². The molecule has 2 N–H and O–H groups in total. The molecule has 1 aromatic heterocycles. The van der Waals surface area contributed by atoms with E-state index in [1.54, 1.807) is 0 Å². The van der Waals surface area contributed by atoms with Crippen molar-refractivity contribution in [1.29, 1.82) is 0 Å². The Labute approximate surface area is 189 Å². The van der Waals surface area contributed by atoms with Gasteiger partial charge in [-0.3, -0.25) is 4.79 Å². The molecule has 5 aliphatic rings. The zero-order valence-corrected chi connectivity index (χ0v) is 19.2. The molecule has 1 aliphatic heterocycles. The van der Waals surface area contributed by atoms with Crippen LogP contribution in [-0.4, -0.2) is 45.2 Å². The molecule has 7 rings (SSSR count). The first kappa shape index (κ1) is 20.4. The molecule has 4 bridgehead atoms. The number of hydrogen-bond donors (Lipinski definition) is 2. The molecule has 6 heteroatoms. The van der Waals surface area contributed by atoms with Crippen LogP contribution in [-0.2, 0) is 4.79 Å². The molecule has 0 radical (unpaired) electrons. The third-order valence-corrected chi connectivity index (χ3v) is 8.52. The van der Waals surface area contributed by atoms with Crippen molar-refractivity contribution in [3.8, 4) is 0 Å². The maximum absolute atomic E-state index is 13.4. The lowest BCUT2D eigenvalue weighted by molar-refractivity contribution is -0.152. The maximum Gasteiger partial charge on any atom is 0.226 e. The third-order valence-electron chi connectivity index (χ3n) is 8.52. The number of nitrogens with one attached hydrogen (secondary N) is 1. The first-order chi connectivity index (χ1) is 15.3. The van der Waals surface area contributed by atoms with Gasteiger partial charge in [-0.15, -0.1) is 0 Å². The van der Waals surface area contributed by atoms with Gasteiger partial charge in [0, 0.05) is 24.0 Å². The summed E-state index contributed by atoms with van der Waals surface area (Å²) in [5.41, 5.74) is 2.41. The number of amides is 1. The van der Waals surface area contributed by atoms with E-state index in [1.165, 1.54) is 12.0 Å². The Balaban J connectivity index is 1.20. The van der Waals surface area contributed by atoms with Gasteiger partial charge in [0.25, 0.3) is 0 Å². The Hall–Kier alpha value is -2.21. The molecular weight excluding hydrogens is 400 g/mol. The fourth-order valence-electron chi connectivity index (χ4n) is 7.62. The lowest BCUT2D eigenvalue weighted by Crippen LogP contribution is -2.66. The molecule has 170 valence electrons. The summed E-state index contributed by atoms with van der Waals surface area (Å²) in [5.74, 6) is 1.99. The van der Waals surface area contributed by atoms with E-state index in [1.807, 2.05) is 6.92 Å². The number of aromatic nitrogens is 2. The fourth-order valence-corrected chi connectivity index (χ4v) is 7.62. The summed E-state index contributed by atoms with van der Waals surface area (Å²) in [4.78, 5) is 25.3. The normalized spacial score (nSPS) is 36.0. The second-order valence-electron chi connectivity index (χ2n) is 11.4. The van der Waals surface area contributed by atoms with Crippen LogP contribution in [0.25, 0.3) is 10.9 Å². The van der Waals surface area contributed by atoms with Crippen molar-refractivity contribution >= 4 is 22.8 Å². The Morgan fingerprint density at radius 1 is 1.16 bits per heavy atom. The van der Waals surface area contributed by atoms with Gasteiger partial charge < -0.3 is 15.3 Å². The molecule has 1 saturated heterocycles. The molecule has 2 aromatic rings. The summed E-state index contributed by atoms with van der Waals surface area (Å²) >= 11 is 0. The number of aliphatic hydroxyl groups is 1. The minimum atomic E-state index is -0.551. The predicted octanol–water partition coefficient (Wildman–Crippen LogP) is 3.66. The molecule has 0 spiro atoms. The summed E-state index contributed by atoms with van der Waals surface area (Å²) in [5, 5.41) is 15.6. The van der Waals surface area contributed by atoms with Gasteiger partial charge in [0.2, 0.25) is 11.9 Å². The summed E-state index contributed by atoms with van der Waals surface area (Å²) < 4.78 is 0.